The van der Waals surface area contributed by atoms with E-state index in [0.717, 1.165) is 6.07 Å². The molecular weight excluding hydrogens is 299 g/mol. The van der Waals surface area contributed by atoms with Gasteiger partial charge < -0.3 is 10.6 Å². The van der Waals surface area contributed by atoms with Crippen LogP contribution in [0.3, 0.4) is 0 Å². The number of rotatable bonds is 1. The highest BCUT2D eigenvalue weighted by Gasteiger charge is 2.33. The lowest BCUT2D eigenvalue weighted by Crippen LogP contribution is -2.26. The van der Waals surface area contributed by atoms with Crippen LogP contribution in [-0.4, -0.2) is 19.0 Å². The van der Waals surface area contributed by atoms with Crippen LogP contribution in [0.1, 0.15) is 5.56 Å². The number of benzene rings is 1. The molecule has 3 nitrogen and oxygen atoms in total. The first kappa shape index (κ1) is 12.2. The van der Waals surface area contributed by atoms with Gasteiger partial charge in [0.1, 0.15) is 0 Å². The van der Waals surface area contributed by atoms with Gasteiger partial charge >= 0.3 is 6.18 Å². The van der Waals surface area contributed by atoms with E-state index in [9.17, 15) is 13.2 Å². The van der Waals surface area contributed by atoms with Crippen LogP contribution in [0.25, 0.3) is 0 Å². The number of alkyl halides is 3. The monoisotopic (exact) mass is 307 g/mol. The minimum atomic E-state index is -4.37. The van der Waals surface area contributed by atoms with Crippen molar-refractivity contribution in [3.8, 4) is 0 Å². The quantitative estimate of drug-likeness (QED) is 0.837. The zero-order valence-electron chi connectivity index (χ0n) is 8.61. The van der Waals surface area contributed by atoms with Gasteiger partial charge in [-0.2, -0.15) is 13.2 Å². The van der Waals surface area contributed by atoms with Crippen LogP contribution in [-0.2, 0) is 6.18 Å². The molecule has 7 heteroatoms. The predicted octanol–water partition coefficient (Wildman–Crippen LogP) is 2.84. The van der Waals surface area contributed by atoms with Crippen LogP contribution < -0.4 is 10.6 Å². The van der Waals surface area contributed by atoms with Gasteiger partial charge in [-0.1, -0.05) is 15.9 Å². The maximum absolute atomic E-state index is 12.6. The van der Waals surface area contributed by atoms with Crippen LogP contribution in [0.15, 0.2) is 27.7 Å². The Kier molecular flexibility index (Phi) is 3.28. The molecule has 2 rings (SSSR count). The van der Waals surface area contributed by atoms with Crippen LogP contribution in [0.4, 0.5) is 18.9 Å². The minimum absolute atomic E-state index is 0.0249. The van der Waals surface area contributed by atoms with Crippen molar-refractivity contribution in [2.45, 2.75) is 6.18 Å². The first-order valence-corrected chi connectivity index (χ1v) is 5.68. The highest BCUT2D eigenvalue weighted by atomic mass is 79.9. The lowest BCUT2D eigenvalue weighted by molar-refractivity contribution is -0.138. The molecule has 0 aliphatic carbocycles. The highest BCUT2D eigenvalue weighted by Crippen LogP contribution is 2.36. The fraction of sp³-hybridized carbons (Fsp3) is 0.300. The molecule has 2 N–H and O–H groups in total. The molecule has 17 heavy (non-hydrogen) atoms. The van der Waals surface area contributed by atoms with Crippen molar-refractivity contribution in [3.63, 3.8) is 0 Å². The molecule has 1 heterocycles. The summed E-state index contributed by atoms with van der Waals surface area (Å²) in [4.78, 5) is 4.05. The zero-order valence-corrected chi connectivity index (χ0v) is 10.2. The van der Waals surface area contributed by atoms with Gasteiger partial charge in [0.25, 0.3) is 0 Å². The topological polar surface area (TPSA) is 36.4 Å². The molecule has 1 aromatic rings. The first-order valence-electron chi connectivity index (χ1n) is 4.89. The molecule has 1 aliphatic heterocycles. The molecule has 0 aromatic heterocycles. The second-order valence-electron chi connectivity index (χ2n) is 3.47. The number of anilines is 1. The summed E-state index contributed by atoms with van der Waals surface area (Å²) < 4.78 is 37.9. The molecule has 1 aliphatic rings. The molecule has 0 saturated heterocycles. The Labute approximate surface area is 104 Å². The third kappa shape index (κ3) is 2.91. The number of aliphatic imine (C=N–C) groups is 1. The molecular formula is C10H9BrF3N3. The van der Waals surface area contributed by atoms with Gasteiger partial charge in [0, 0.05) is 16.7 Å². The van der Waals surface area contributed by atoms with Crippen LogP contribution in [0.2, 0.25) is 0 Å². The number of nitrogens with zero attached hydrogens (tertiary/aromatic N) is 1. The van der Waals surface area contributed by atoms with Crippen molar-refractivity contribution in [2.75, 3.05) is 18.4 Å². The molecule has 0 saturated carbocycles. The lowest BCUT2D eigenvalue weighted by atomic mass is 10.2. The second kappa shape index (κ2) is 4.56. The standard InChI is InChI=1S/C10H9BrF3N3/c11-8-2-1-6(5-7(8)10(12,13)14)17-9-15-3-4-16-9/h1-2,5H,3-4H2,(H2,15,16,17). The maximum Gasteiger partial charge on any atom is 0.417 e. The van der Waals surface area contributed by atoms with E-state index in [4.69, 9.17) is 0 Å². The Morgan fingerprint density at radius 1 is 1.35 bits per heavy atom. The van der Waals surface area contributed by atoms with Crippen molar-refractivity contribution in [3.05, 3.63) is 28.2 Å². The van der Waals surface area contributed by atoms with E-state index in [0.29, 0.717) is 24.7 Å². The molecule has 0 spiro atoms. The molecule has 92 valence electrons. The van der Waals surface area contributed by atoms with Gasteiger partial charge in [-0.05, 0) is 18.2 Å². The van der Waals surface area contributed by atoms with E-state index >= 15 is 0 Å². The molecule has 0 amide bonds. The normalized spacial score (nSPS) is 15.4. The molecule has 0 fully saturated rings. The van der Waals surface area contributed by atoms with Gasteiger partial charge in [-0.25, -0.2) is 0 Å². The summed E-state index contributed by atoms with van der Waals surface area (Å²) in [5.74, 6) is 0.500. The van der Waals surface area contributed by atoms with Crippen LogP contribution in [0, 0.1) is 0 Å². The van der Waals surface area contributed by atoms with Crippen molar-refractivity contribution < 1.29 is 13.2 Å². The van der Waals surface area contributed by atoms with E-state index < -0.39 is 11.7 Å². The van der Waals surface area contributed by atoms with Crippen LogP contribution >= 0.6 is 15.9 Å². The lowest BCUT2D eigenvalue weighted by Gasteiger charge is -2.12. The average Bonchev–Trinajstić information content (AvgIpc) is 2.72. The van der Waals surface area contributed by atoms with Gasteiger partial charge in [-0.15, -0.1) is 0 Å². The Bertz CT molecular complexity index is 457. The van der Waals surface area contributed by atoms with Crippen molar-refractivity contribution in [1.82, 2.24) is 5.32 Å². The van der Waals surface area contributed by atoms with E-state index in [2.05, 4.69) is 31.6 Å². The Hall–Kier alpha value is -1.24. The predicted molar refractivity (Wildman–Crippen MR) is 63.1 cm³/mol. The summed E-state index contributed by atoms with van der Waals surface area (Å²) in [6, 6.07) is 3.97. The number of hydrogen-bond donors (Lipinski definition) is 2. The Morgan fingerprint density at radius 3 is 2.71 bits per heavy atom. The molecule has 0 unspecified atom stereocenters. The van der Waals surface area contributed by atoms with Crippen molar-refractivity contribution >= 4 is 27.6 Å². The first-order chi connectivity index (χ1) is 7.97. The maximum atomic E-state index is 12.6. The number of guanidine groups is 1. The number of nitrogens with one attached hydrogen (secondary N) is 2. The fourth-order valence-corrected chi connectivity index (χ4v) is 1.91. The molecule has 0 radical (unpaired) electrons. The van der Waals surface area contributed by atoms with E-state index in [1.54, 1.807) is 6.07 Å². The summed E-state index contributed by atoms with van der Waals surface area (Å²) in [6.45, 7) is 1.33. The Morgan fingerprint density at radius 2 is 2.12 bits per heavy atom. The van der Waals surface area contributed by atoms with E-state index in [1.165, 1.54) is 6.07 Å². The molecule has 0 atom stereocenters. The highest BCUT2D eigenvalue weighted by molar-refractivity contribution is 9.10. The summed E-state index contributed by atoms with van der Waals surface area (Å²) in [7, 11) is 0. The summed E-state index contributed by atoms with van der Waals surface area (Å²) in [5, 5.41) is 5.72. The van der Waals surface area contributed by atoms with Crippen molar-refractivity contribution in [2.24, 2.45) is 4.99 Å². The fourth-order valence-electron chi connectivity index (χ4n) is 1.44. The van der Waals surface area contributed by atoms with Crippen LogP contribution in [0.5, 0.6) is 0 Å². The Balaban J connectivity index is 2.24. The van der Waals surface area contributed by atoms with Crippen molar-refractivity contribution in [1.29, 1.82) is 0 Å². The molecule has 0 bridgehead atoms. The summed E-state index contributed by atoms with van der Waals surface area (Å²) in [6.07, 6.45) is -4.37. The SMILES string of the molecule is FC(F)(F)c1cc(NC2=NCCN2)ccc1Br. The van der Waals surface area contributed by atoms with Gasteiger partial charge in [0.05, 0.1) is 12.1 Å². The number of hydrogen-bond acceptors (Lipinski definition) is 3. The molecule has 1 aromatic carbocycles. The van der Waals surface area contributed by atoms with E-state index in [1.807, 2.05) is 0 Å². The number of halogens is 4. The van der Waals surface area contributed by atoms with E-state index in [-0.39, 0.29) is 4.47 Å². The minimum Gasteiger partial charge on any atom is -0.354 e. The average molecular weight is 308 g/mol. The summed E-state index contributed by atoms with van der Waals surface area (Å²) >= 11 is 2.89. The summed E-state index contributed by atoms with van der Waals surface area (Å²) in [5.41, 5.74) is -0.352. The third-order valence-electron chi connectivity index (χ3n) is 2.21. The largest absolute Gasteiger partial charge is 0.417 e. The van der Waals surface area contributed by atoms with Gasteiger partial charge in [0.15, 0.2) is 5.96 Å². The van der Waals surface area contributed by atoms with Gasteiger partial charge in [-0.3, -0.25) is 4.99 Å². The second-order valence-corrected chi connectivity index (χ2v) is 4.33. The third-order valence-corrected chi connectivity index (χ3v) is 2.90. The zero-order chi connectivity index (χ0) is 12.5. The van der Waals surface area contributed by atoms with Gasteiger partial charge in [0.2, 0.25) is 0 Å². The smallest absolute Gasteiger partial charge is 0.354 e.